The molecule has 112 valence electrons. The number of carboxylic acid groups (broad SMARTS) is 1. The van der Waals surface area contributed by atoms with Crippen LogP contribution in [-0.2, 0) is 0 Å². The van der Waals surface area contributed by atoms with Crippen molar-refractivity contribution < 1.29 is 9.90 Å². The number of aromatic nitrogens is 2. The third kappa shape index (κ3) is 2.28. The lowest BCUT2D eigenvalue weighted by Gasteiger charge is -2.06. The van der Waals surface area contributed by atoms with Gasteiger partial charge in [0, 0.05) is 33.6 Å². The molecule has 2 heterocycles. The van der Waals surface area contributed by atoms with Crippen LogP contribution >= 0.6 is 0 Å². The molecule has 0 atom stereocenters. The number of fused-ring (bicyclic) bond motifs is 3. The van der Waals surface area contributed by atoms with Gasteiger partial charge in [0.25, 0.3) is 0 Å². The normalized spacial score (nSPS) is 11.0. The van der Waals surface area contributed by atoms with Crippen molar-refractivity contribution in [1.82, 2.24) is 9.97 Å². The van der Waals surface area contributed by atoms with Crippen LogP contribution in [-0.4, -0.2) is 21.2 Å². The van der Waals surface area contributed by atoms with Gasteiger partial charge in [-0.1, -0.05) is 30.3 Å². The lowest BCUT2D eigenvalue weighted by atomic mass is 10.0. The summed E-state index contributed by atoms with van der Waals surface area (Å²) in [6.45, 7) is 0. The first-order valence-electron chi connectivity index (χ1n) is 7.18. The molecule has 23 heavy (non-hydrogen) atoms. The molecule has 2 aromatic heterocycles. The van der Waals surface area contributed by atoms with Crippen LogP contribution in [0.5, 0.6) is 0 Å². The first-order valence-corrected chi connectivity index (χ1v) is 7.18. The van der Waals surface area contributed by atoms with Gasteiger partial charge >= 0.3 is 6.09 Å². The molecule has 0 fully saturated rings. The van der Waals surface area contributed by atoms with E-state index in [1.165, 1.54) is 0 Å². The molecule has 0 radical (unpaired) electrons. The third-order valence-corrected chi connectivity index (χ3v) is 3.84. The maximum absolute atomic E-state index is 10.7. The number of rotatable bonds is 2. The highest BCUT2D eigenvalue weighted by Gasteiger charge is 2.10. The Bertz CT molecular complexity index is 1020. The van der Waals surface area contributed by atoms with Gasteiger partial charge in [-0.25, -0.2) is 9.78 Å². The monoisotopic (exact) mass is 303 g/mol. The third-order valence-electron chi connectivity index (χ3n) is 3.84. The summed E-state index contributed by atoms with van der Waals surface area (Å²) >= 11 is 0. The Morgan fingerprint density at radius 2 is 1.83 bits per heavy atom. The number of H-pyrrole nitrogens is 1. The highest BCUT2D eigenvalue weighted by molar-refractivity contribution is 6.14. The molecule has 0 saturated carbocycles. The van der Waals surface area contributed by atoms with Crippen molar-refractivity contribution >= 4 is 33.7 Å². The number of hydrogen-bond acceptors (Lipinski definition) is 2. The minimum Gasteiger partial charge on any atom is -0.465 e. The summed E-state index contributed by atoms with van der Waals surface area (Å²) in [5.41, 5.74) is 4.16. The average molecular weight is 303 g/mol. The minimum absolute atomic E-state index is 0.312. The first-order chi connectivity index (χ1) is 11.2. The van der Waals surface area contributed by atoms with Crippen molar-refractivity contribution in [2.24, 2.45) is 0 Å². The Balaban J connectivity index is 1.90. The topological polar surface area (TPSA) is 78.0 Å². The predicted octanol–water partition coefficient (Wildman–Crippen LogP) is 4.47. The molecule has 1 amide bonds. The molecule has 5 heteroatoms. The highest BCUT2D eigenvalue weighted by atomic mass is 16.4. The zero-order chi connectivity index (χ0) is 15.8. The van der Waals surface area contributed by atoms with Crippen molar-refractivity contribution in [1.29, 1.82) is 0 Å². The molecule has 0 bridgehead atoms. The Hall–Kier alpha value is -3.34. The van der Waals surface area contributed by atoms with E-state index >= 15 is 0 Å². The van der Waals surface area contributed by atoms with Gasteiger partial charge in [0.15, 0.2) is 0 Å². The summed E-state index contributed by atoms with van der Waals surface area (Å²) in [4.78, 5) is 18.2. The zero-order valence-electron chi connectivity index (χ0n) is 12.1. The van der Waals surface area contributed by atoms with Crippen molar-refractivity contribution in [3.05, 3.63) is 60.8 Å². The molecule has 4 rings (SSSR count). The first kappa shape index (κ1) is 13.3. The number of nitrogens with one attached hydrogen (secondary N) is 2. The van der Waals surface area contributed by atoms with Crippen LogP contribution in [0.15, 0.2) is 60.8 Å². The fourth-order valence-electron chi connectivity index (χ4n) is 2.88. The molecular weight excluding hydrogens is 290 g/mol. The largest absolute Gasteiger partial charge is 0.465 e. The number of amides is 1. The molecule has 0 saturated heterocycles. The minimum atomic E-state index is -1.12. The number of aromatic amines is 1. The Labute approximate surface area is 131 Å². The van der Waals surface area contributed by atoms with Gasteiger partial charge in [-0.3, -0.25) is 5.32 Å². The zero-order valence-corrected chi connectivity index (χ0v) is 12.1. The van der Waals surface area contributed by atoms with Gasteiger partial charge in [0.1, 0.15) is 5.82 Å². The molecule has 5 nitrogen and oxygen atoms in total. The van der Waals surface area contributed by atoms with E-state index in [1.54, 1.807) is 12.3 Å². The van der Waals surface area contributed by atoms with Gasteiger partial charge in [0.05, 0.1) is 0 Å². The molecule has 4 aromatic rings. The van der Waals surface area contributed by atoms with E-state index in [0.717, 1.165) is 32.9 Å². The summed E-state index contributed by atoms with van der Waals surface area (Å²) in [6, 6.07) is 17.8. The maximum Gasteiger partial charge on any atom is 0.410 e. The SMILES string of the molecule is O=C(O)Nc1ccc(-c2cccc3[nH]c4ccccc4c23)cn1. The van der Waals surface area contributed by atoms with Gasteiger partial charge < -0.3 is 10.1 Å². The van der Waals surface area contributed by atoms with Crippen LogP contribution in [0.1, 0.15) is 0 Å². The number of nitrogens with zero attached hydrogens (tertiary/aromatic N) is 1. The van der Waals surface area contributed by atoms with Gasteiger partial charge in [-0.05, 0) is 29.8 Å². The summed E-state index contributed by atoms with van der Waals surface area (Å²) in [6.07, 6.45) is 0.561. The van der Waals surface area contributed by atoms with Gasteiger partial charge in [0.2, 0.25) is 0 Å². The van der Waals surface area contributed by atoms with E-state index in [-0.39, 0.29) is 0 Å². The number of pyridine rings is 1. The van der Waals surface area contributed by atoms with Crippen molar-refractivity contribution in [2.45, 2.75) is 0 Å². The molecule has 3 N–H and O–H groups in total. The van der Waals surface area contributed by atoms with Crippen LogP contribution in [0.3, 0.4) is 0 Å². The lowest BCUT2D eigenvalue weighted by Crippen LogP contribution is -2.08. The molecule has 0 unspecified atom stereocenters. The molecule has 0 aliphatic carbocycles. The van der Waals surface area contributed by atoms with Crippen molar-refractivity contribution in [3.63, 3.8) is 0 Å². The highest BCUT2D eigenvalue weighted by Crippen LogP contribution is 2.34. The number of para-hydroxylation sites is 1. The van der Waals surface area contributed by atoms with E-state index in [9.17, 15) is 4.79 Å². The molecule has 0 aliphatic rings. The summed E-state index contributed by atoms with van der Waals surface area (Å²) in [7, 11) is 0. The number of benzene rings is 2. The quantitative estimate of drug-likeness (QED) is 0.511. The maximum atomic E-state index is 10.7. The van der Waals surface area contributed by atoms with E-state index in [4.69, 9.17) is 5.11 Å². The predicted molar refractivity (Wildman–Crippen MR) is 90.7 cm³/mol. The summed E-state index contributed by atoms with van der Waals surface area (Å²) in [5.74, 6) is 0.312. The van der Waals surface area contributed by atoms with Crippen LogP contribution in [0.25, 0.3) is 32.9 Å². The van der Waals surface area contributed by atoms with Crippen LogP contribution < -0.4 is 5.32 Å². The van der Waals surface area contributed by atoms with Crippen LogP contribution in [0.2, 0.25) is 0 Å². The number of anilines is 1. The number of carbonyl (C=O) groups is 1. The second-order valence-corrected chi connectivity index (χ2v) is 5.26. The molecule has 0 aliphatic heterocycles. The Kier molecular flexibility index (Phi) is 2.98. The van der Waals surface area contributed by atoms with Gasteiger partial charge in [-0.15, -0.1) is 0 Å². The van der Waals surface area contributed by atoms with E-state index in [0.29, 0.717) is 5.82 Å². The standard InChI is InChI=1S/C18H13N3O2/c22-18(23)21-16-9-8-11(10-19-16)12-5-3-7-15-17(12)13-4-1-2-6-14(13)20-15/h1-10,20H,(H,19,21)(H,22,23). The van der Waals surface area contributed by atoms with Gasteiger partial charge in [-0.2, -0.15) is 0 Å². The fourth-order valence-corrected chi connectivity index (χ4v) is 2.88. The second-order valence-electron chi connectivity index (χ2n) is 5.26. The average Bonchev–Trinajstić information content (AvgIpc) is 2.93. The van der Waals surface area contributed by atoms with E-state index < -0.39 is 6.09 Å². The smallest absolute Gasteiger partial charge is 0.410 e. The molecule has 2 aromatic carbocycles. The van der Waals surface area contributed by atoms with E-state index in [2.05, 4.69) is 27.4 Å². The van der Waals surface area contributed by atoms with Crippen LogP contribution in [0, 0.1) is 0 Å². The van der Waals surface area contributed by atoms with Crippen molar-refractivity contribution in [3.8, 4) is 11.1 Å². The van der Waals surface area contributed by atoms with Crippen LogP contribution in [0.4, 0.5) is 10.6 Å². The summed E-state index contributed by atoms with van der Waals surface area (Å²) in [5, 5.41) is 13.3. The number of hydrogen-bond donors (Lipinski definition) is 3. The summed E-state index contributed by atoms with van der Waals surface area (Å²) < 4.78 is 0. The molecule has 0 spiro atoms. The van der Waals surface area contributed by atoms with E-state index in [1.807, 2.05) is 36.4 Å². The van der Waals surface area contributed by atoms with Crippen molar-refractivity contribution in [2.75, 3.05) is 5.32 Å². The second kappa shape index (κ2) is 5.14. The lowest BCUT2D eigenvalue weighted by molar-refractivity contribution is 0.209. The Morgan fingerprint density at radius 1 is 1.00 bits per heavy atom. The molecular formula is C18H13N3O2. The fraction of sp³-hybridized carbons (Fsp3) is 0. The Morgan fingerprint density at radius 3 is 2.61 bits per heavy atom.